The Morgan fingerprint density at radius 3 is 2.37 bits per heavy atom. The number of hydrogen-bond acceptors (Lipinski definition) is 5. The van der Waals surface area contributed by atoms with E-state index in [0.717, 1.165) is 15.7 Å². The Kier molecular flexibility index (Phi) is 5.18. The van der Waals surface area contributed by atoms with Crippen molar-refractivity contribution in [2.24, 2.45) is 14.1 Å². The largest absolute Gasteiger partial charge is 0.508 e. The zero-order valence-corrected chi connectivity index (χ0v) is 20.7. The Morgan fingerprint density at radius 2 is 1.74 bits per heavy atom. The average Bonchev–Trinajstić information content (AvgIpc) is 3.20. The molecule has 1 aliphatic heterocycles. The predicted molar refractivity (Wildman–Crippen MR) is 134 cm³/mol. The summed E-state index contributed by atoms with van der Waals surface area (Å²) in [5, 5.41) is 11.3. The minimum atomic E-state index is -0.671. The molecule has 0 spiro atoms. The van der Waals surface area contributed by atoms with Gasteiger partial charge in [0.05, 0.1) is 41.5 Å². The standard InChI is InChI=1S/C27H29N3O5/c1-15-7-12-18(19(31)13-15)24-23-22-20(25(32)29(5)26(33)28(22)4)21(30(23)27(2,3)14-35-24)16-8-10-17(34-6)11-9-16/h7-13,24,31H,14H2,1-6H3/t24-/m0/s1. The molecule has 0 amide bonds. The fourth-order valence-corrected chi connectivity index (χ4v) is 5.13. The molecule has 4 aromatic rings. The van der Waals surface area contributed by atoms with Gasteiger partial charge in [0.1, 0.15) is 17.6 Å². The second-order valence-corrected chi connectivity index (χ2v) is 9.79. The van der Waals surface area contributed by atoms with E-state index in [9.17, 15) is 14.7 Å². The van der Waals surface area contributed by atoms with Gasteiger partial charge in [0, 0.05) is 19.7 Å². The van der Waals surface area contributed by atoms with Gasteiger partial charge in [-0.15, -0.1) is 0 Å². The van der Waals surface area contributed by atoms with Gasteiger partial charge in [-0.05, 0) is 62.2 Å². The van der Waals surface area contributed by atoms with Crippen molar-refractivity contribution < 1.29 is 14.6 Å². The Hall–Kier alpha value is -3.78. The lowest BCUT2D eigenvalue weighted by Gasteiger charge is -2.39. The first-order valence-corrected chi connectivity index (χ1v) is 11.5. The summed E-state index contributed by atoms with van der Waals surface area (Å²) < 4.78 is 16.4. The summed E-state index contributed by atoms with van der Waals surface area (Å²) >= 11 is 0. The van der Waals surface area contributed by atoms with Crippen molar-refractivity contribution in [3.05, 3.63) is 80.1 Å². The molecule has 0 fully saturated rings. The second-order valence-electron chi connectivity index (χ2n) is 9.79. The maximum absolute atomic E-state index is 13.6. The van der Waals surface area contributed by atoms with Crippen LogP contribution in [0, 0.1) is 6.92 Å². The maximum Gasteiger partial charge on any atom is 0.331 e. The number of methoxy groups -OCH3 is 1. The first kappa shape index (κ1) is 23.0. The number of phenolic OH excluding ortho intramolecular Hbond substituents is 1. The minimum Gasteiger partial charge on any atom is -0.508 e. The van der Waals surface area contributed by atoms with Crippen LogP contribution in [0.2, 0.25) is 0 Å². The highest BCUT2D eigenvalue weighted by Crippen LogP contribution is 2.47. The third-order valence-electron chi connectivity index (χ3n) is 6.90. The van der Waals surface area contributed by atoms with Crippen LogP contribution in [0.25, 0.3) is 22.2 Å². The highest BCUT2D eigenvalue weighted by atomic mass is 16.5. The van der Waals surface area contributed by atoms with Crippen molar-refractivity contribution >= 4 is 10.9 Å². The predicted octanol–water partition coefficient (Wildman–Crippen LogP) is 3.58. The maximum atomic E-state index is 13.6. The van der Waals surface area contributed by atoms with E-state index in [1.807, 2.05) is 57.2 Å². The number of ether oxygens (including phenoxy) is 2. The number of phenols is 1. The second kappa shape index (κ2) is 7.88. The number of fused-ring (bicyclic) bond motifs is 3. The van der Waals surface area contributed by atoms with E-state index in [2.05, 4.69) is 4.57 Å². The monoisotopic (exact) mass is 475 g/mol. The summed E-state index contributed by atoms with van der Waals surface area (Å²) in [6, 6.07) is 13.0. The molecule has 5 rings (SSSR count). The number of aromatic nitrogens is 3. The van der Waals surface area contributed by atoms with Crippen LogP contribution in [0.3, 0.4) is 0 Å². The van der Waals surface area contributed by atoms with Gasteiger partial charge in [-0.3, -0.25) is 13.9 Å². The van der Waals surface area contributed by atoms with Crippen molar-refractivity contribution in [3.63, 3.8) is 0 Å². The van der Waals surface area contributed by atoms with Crippen LogP contribution in [0.1, 0.15) is 36.8 Å². The van der Waals surface area contributed by atoms with Crippen LogP contribution < -0.4 is 16.0 Å². The third-order valence-corrected chi connectivity index (χ3v) is 6.90. The molecule has 0 bridgehead atoms. The molecule has 1 N–H and O–H groups in total. The summed E-state index contributed by atoms with van der Waals surface area (Å²) in [5.41, 5.74) is 2.86. The van der Waals surface area contributed by atoms with E-state index in [4.69, 9.17) is 9.47 Å². The Balaban J connectivity index is 1.98. The Bertz CT molecular complexity index is 1590. The van der Waals surface area contributed by atoms with Crippen LogP contribution in [-0.4, -0.2) is 32.5 Å². The molecule has 0 saturated carbocycles. The number of rotatable bonds is 3. The van der Waals surface area contributed by atoms with Crippen molar-refractivity contribution in [3.8, 4) is 22.8 Å². The van der Waals surface area contributed by atoms with Gasteiger partial charge in [-0.25, -0.2) is 4.79 Å². The summed E-state index contributed by atoms with van der Waals surface area (Å²) in [6.07, 6.45) is -0.671. The van der Waals surface area contributed by atoms with Crippen LogP contribution in [0.5, 0.6) is 11.5 Å². The van der Waals surface area contributed by atoms with Crippen molar-refractivity contribution in [1.82, 2.24) is 13.7 Å². The normalized spacial score (nSPS) is 16.9. The summed E-state index contributed by atoms with van der Waals surface area (Å²) in [5.74, 6) is 0.810. The zero-order chi connectivity index (χ0) is 25.2. The molecule has 0 saturated heterocycles. The van der Waals surface area contributed by atoms with E-state index < -0.39 is 17.3 Å². The number of hydrogen-bond donors (Lipinski definition) is 1. The lowest BCUT2D eigenvalue weighted by Crippen LogP contribution is -2.40. The molecule has 1 aliphatic rings. The van der Waals surface area contributed by atoms with Gasteiger partial charge >= 0.3 is 5.69 Å². The summed E-state index contributed by atoms with van der Waals surface area (Å²) in [4.78, 5) is 26.7. The molecule has 2 aromatic heterocycles. The first-order valence-electron chi connectivity index (χ1n) is 11.5. The molecule has 182 valence electrons. The van der Waals surface area contributed by atoms with E-state index in [-0.39, 0.29) is 11.3 Å². The molecule has 2 aromatic carbocycles. The number of nitrogens with zero attached hydrogens (tertiary/aromatic N) is 3. The Labute approximate surface area is 202 Å². The molecule has 1 atom stereocenters. The number of aromatic hydroxyl groups is 1. The molecule has 8 nitrogen and oxygen atoms in total. The van der Waals surface area contributed by atoms with Gasteiger partial charge < -0.3 is 19.1 Å². The molecule has 0 radical (unpaired) electrons. The summed E-state index contributed by atoms with van der Waals surface area (Å²) in [6.45, 7) is 6.32. The van der Waals surface area contributed by atoms with Gasteiger partial charge in [0.25, 0.3) is 5.56 Å². The van der Waals surface area contributed by atoms with E-state index in [1.54, 1.807) is 20.2 Å². The van der Waals surface area contributed by atoms with Gasteiger partial charge in [-0.2, -0.15) is 0 Å². The van der Waals surface area contributed by atoms with Crippen LogP contribution in [-0.2, 0) is 24.4 Å². The topological polar surface area (TPSA) is 87.6 Å². The molecular formula is C27H29N3O5. The van der Waals surface area contributed by atoms with Crippen molar-refractivity contribution in [1.29, 1.82) is 0 Å². The molecule has 35 heavy (non-hydrogen) atoms. The van der Waals surface area contributed by atoms with Gasteiger partial charge in [0.2, 0.25) is 0 Å². The van der Waals surface area contributed by atoms with Crippen molar-refractivity contribution in [2.45, 2.75) is 32.4 Å². The number of benzene rings is 2. The molecular weight excluding hydrogens is 446 g/mol. The zero-order valence-electron chi connectivity index (χ0n) is 20.7. The van der Waals surface area contributed by atoms with Crippen molar-refractivity contribution in [2.75, 3.05) is 13.7 Å². The molecule has 0 unspecified atom stereocenters. The highest BCUT2D eigenvalue weighted by molar-refractivity contribution is 5.97. The Morgan fingerprint density at radius 1 is 1.06 bits per heavy atom. The quantitative estimate of drug-likeness (QED) is 0.489. The van der Waals surface area contributed by atoms with E-state index >= 15 is 0 Å². The molecule has 0 aliphatic carbocycles. The SMILES string of the molecule is COc1ccc(-c2c3c(=O)n(C)c(=O)n(C)c3c3n2C(C)(C)CO[C@H]3c2ccc(C)cc2O)cc1. The fourth-order valence-electron chi connectivity index (χ4n) is 5.13. The van der Waals surface area contributed by atoms with Crippen LogP contribution in [0.15, 0.2) is 52.1 Å². The van der Waals surface area contributed by atoms with Crippen LogP contribution >= 0.6 is 0 Å². The van der Waals surface area contributed by atoms with E-state index in [0.29, 0.717) is 40.2 Å². The lowest BCUT2D eigenvalue weighted by atomic mass is 9.97. The highest BCUT2D eigenvalue weighted by Gasteiger charge is 2.41. The minimum absolute atomic E-state index is 0.107. The third kappa shape index (κ3) is 3.31. The number of aryl methyl sites for hydroxylation is 2. The van der Waals surface area contributed by atoms with Gasteiger partial charge in [-0.1, -0.05) is 12.1 Å². The molecule has 3 heterocycles. The van der Waals surface area contributed by atoms with Gasteiger partial charge in [0.15, 0.2) is 0 Å². The average molecular weight is 476 g/mol. The summed E-state index contributed by atoms with van der Waals surface area (Å²) in [7, 11) is 4.76. The smallest absolute Gasteiger partial charge is 0.331 e. The van der Waals surface area contributed by atoms with E-state index in [1.165, 1.54) is 11.6 Å². The first-order chi connectivity index (χ1) is 16.6. The fraction of sp³-hybridized carbons (Fsp3) is 0.333. The molecule has 8 heteroatoms. The lowest BCUT2D eigenvalue weighted by molar-refractivity contribution is -0.00799. The van der Waals surface area contributed by atoms with Crippen LogP contribution in [0.4, 0.5) is 0 Å².